The SMILES string of the molecule is CCC(CC)C(=O)/C=C(\O)C(CC)CC.Cc1c2c(nc3ccccc13)-c1[c-]cnc3cccc(c13)C2(C)C.[Ir]. The fourth-order valence-electron chi connectivity index (χ4n) is 6.09. The van der Waals surface area contributed by atoms with Gasteiger partial charge in [0.1, 0.15) is 0 Å². The molecule has 0 unspecified atom stereocenters. The van der Waals surface area contributed by atoms with Crippen molar-refractivity contribution in [2.24, 2.45) is 11.8 Å². The van der Waals surface area contributed by atoms with E-state index in [0.29, 0.717) is 0 Å². The predicted molar refractivity (Wildman–Crippen MR) is 162 cm³/mol. The molecule has 0 fully saturated rings. The van der Waals surface area contributed by atoms with E-state index in [9.17, 15) is 9.90 Å². The van der Waals surface area contributed by atoms with Gasteiger partial charge in [-0.15, -0.1) is 0 Å². The van der Waals surface area contributed by atoms with Gasteiger partial charge in [-0.2, -0.15) is 11.6 Å². The first-order valence-corrected chi connectivity index (χ1v) is 14.3. The molecule has 0 spiro atoms. The zero-order valence-corrected chi connectivity index (χ0v) is 27.2. The van der Waals surface area contributed by atoms with Crippen LogP contribution in [0.4, 0.5) is 0 Å². The molecule has 2 aromatic carbocycles. The number of fused-ring (bicyclic) bond motifs is 3. The van der Waals surface area contributed by atoms with Gasteiger partial charge in [-0.1, -0.05) is 88.4 Å². The van der Waals surface area contributed by atoms with Crippen molar-refractivity contribution in [2.75, 3.05) is 0 Å². The summed E-state index contributed by atoms with van der Waals surface area (Å²) in [6.07, 6.45) is 6.68. The number of allylic oxidation sites excluding steroid dienone is 2. The number of benzene rings is 2. The summed E-state index contributed by atoms with van der Waals surface area (Å²) in [7, 11) is 0. The molecule has 5 heteroatoms. The van der Waals surface area contributed by atoms with Crippen molar-refractivity contribution in [1.29, 1.82) is 0 Å². The summed E-state index contributed by atoms with van der Waals surface area (Å²) in [5.74, 6) is 0.547. The molecule has 0 saturated carbocycles. The van der Waals surface area contributed by atoms with E-state index in [0.717, 1.165) is 48.0 Å². The normalized spacial score (nSPS) is 13.6. The fraction of sp³-hybridized carbons (Fsp3) is 0.400. The summed E-state index contributed by atoms with van der Waals surface area (Å²) in [5, 5.41) is 12.2. The number of hydrogen-bond acceptors (Lipinski definition) is 4. The monoisotopic (exact) mass is 714 g/mol. The summed E-state index contributed by atoms with van der Waals surface area (Å²) in [5.41, 5.74) is 8.03. The maximum Gasteiger partial charge on any atom is 0.162 e. The second-order valence-corrected chi connectivity index (χ2v) is 11.1. The van der Waals surface area contributed by atoms with Gasteiger partial charge in [0.05, 0.1) is 11.3 Å². The molecule has 4 nitrogen and oxygen atoms in total. The molecule has 4 aromatic rings. The molecule has 0 bridgehead atoms. The van der Waals surface area contributed by atoms with Gasteiger partial charge in [0.25, 0.3) is 0 Å². The number of carbonyl (C=O) groups excluding carboxylic acids is 1. The standard InChI is InChI=1S/C22H17N2.C13H24O2.Ir/c1-13-14-7-4-5-9-17(14)24-21-15-11-12-23-18-10-6-8-16(19(15)18)22(2,3)20(13)21;1-5-10(6-2)12(14)9-13(15)11(7-3)8-4;/h4-10,12H,1-3H3;9-11,14H,5-8H2,1-4H3;/q-1;;/b;12-9-;. The molecule has 213 valence electrons. The molecule has 0 aliphatic heterocycles. The molecule has 5 rings (SSSR count). The minimum absolute atomic E-state index is 0. The van der Waals surface area contributed by atoms with E-state index in [1.165, 1.54) is 33.5 Å². The van der Waals surface area contributed by atoms with Gasteiger partial charge in [-0.05, 0) is 67.6 Å². The fourth-order valence-corrected chi connectivity index (χ4v) is 6.09. The van der Waals surface area contributed by atoms with Gasteiger partial charge >= 0.3 is 0 Å². The molecule has 0 atom stereocenters. The Balaban J connectivity index is 0.000000243. The van der Waals surface area contributed by atoms with Crippen LogP contribution in [-0.4, -0.2) is 20.9 Å². The van der Waals surface area contributed by atoms with Crippen LogP contribution in [0.3, 0.4) is 0 Å². The minimum Gasteiger partial charge on any atom is -0.512 e. The van der Waals surface area contributed by atoms with Crippen molar-refractivity contribution in [3.8, 4) is 11.3 Å². The molecule has 1 N–H and O–H groups in total. The van der Waals surface area contributed by atoms with Gasteiger partial charge in [-0.3, -0.25) is 9.78 Å². The van der Waals surface area contributed by atoms with Gasteiger partial charge in [0, 0.05) is 48.9 Å². The number of carbonyl (C=O) groups is 1. The van der Waals surface area contributed by atoms with Crippen LogP contribution in [0, 0.1) is 24.8 Å². The summed E-state index contributed by atoms with van der Waals surface area (Å²) in [6, 6.07) is 18.2. The molecule has 0 saturated heterocycles. The van der Waals surface area contributed by atoms with Crippen LogP contribution in [0.1, 0.15) is 83.9 Å². The van der Waals surface area contributed by atoms with Crippen molar-refractivity contribution in [2.45, 2.75) is 79.6 Å². The molecule has 1 aliphatic carbocycles. The number of nitrogens with zero attached hydrogens (tertiary/aromatic N) is 2. The molecular weight excluding hydrogens is 673 g/mol. The van der Waals surface area contributed by atoms with Crippen LogP contribution in [0.2, 0.25) is 0 Å². The van der Waals surface area contributed by atoms with E-state index in [2.05, 4.69) is 74.3 Å². The first-order chi connectivity index (χ1) is 18.7. The van der Waals surface area contributed by atoms with Crippen LogP contribution < -0.4 is 0 Å². The van der Waals surface area contributed by atoms with Crippen LogP contribution in [0.25, 0.3) is 33.1 Å². The van der Waals surface area contributed by atoms with Crippen molar-refractivity contribution >= 4 is 27.6 Å². The van der Waals surface area contributed by atoms with Crippen molar-refractivity contribution in [3.05, 3.63) is 83.3 Å². The Hall–Kier alpha value is -2.88. The van der Waals surface area contributed by atoms with Gasteiger partial charge in [0.15, 0.2) is 5.78 Å². The molecule has 2 heterocycles. The topological polar surface area (TPSA) is 63.1 Å². The molecule has 2 aromatic heterocycles. The first-order valence-electron chi connectivity index (χ1n) is 14.3. The van der Waals surface area contributed by atoms with E-state index < -0.39 is 0 Å². The van der Waals surface area contributed by atoms with Gasteiger partial charge in [-0.25, -0.2) is 0 Å². The van der Waals surface area contributed by atoms with E-state index in [-0.39, 0.29) is 48.9 Å². The maximum atomic E-state index is 11.7. The summed E-state index contributed by atoms with van der Waals surface area (Å²) >= 11 is 0. The largest absolute Gasteiger partial charge is 0.512 e. The van der Waals surface area contributed by atoms with E-state index in [4.69, 9.17) is 4.98 Å². The number of hydrogen-bond donors (Lipinski definition) is 1. The Bertz CT molecular complexity index is 1530. The third kappa shape index (κ3) is 5.78. The second kappa shape index (κ2) is 13.2. The van der Waals surface area contributed by atoms with E-state index in [1.54, 1.807) is 6.20 Å². The quantitative estimate of drug-likeness (QED) is 0.118. The predicted octanol–water partition coefficient (Wildman–Crippen LogP) is 9.07. The molecule has 1 aliphatic rings. The molecule has 40 heavy (non-hydrogen) atoms. The number of pyridine rings is 2. The van der Waals surface area contributed by atoms with Crippen LogP contribution >= 0.6 is 0 Å². The summed E-state index contributed by atoms with van der Waals surface area (Å²) in [4.78, 5) is 21.3. The Kier molecular flexibility index (Phi) is 10.4. The molecule has 1 radical (unpaired) electrons. The Morgan fingerprint density at radius 3 is 2.23 bits per heavy atom. The Labute approximate surface area is 252 Å². The zero-order valence-electron chi connectivity index (χ0n) is 24.8. The van der Waals surface area contributed by atoms with Crippen LogP contribution in [-0.2, 0) is 30.3 Å². The summed E-state index contributed by atoms with van der Waals surface area (Å²) in [6.45, 7) is 14.9. The minimum atomic E-state index is -0.111. The Morgan fingerprint density at radius 1 is 0.950 bits per heavy atom. The molecule has 0 amide bonds. The van der Waals surface area contributed by atoms with Crippen molar-refractivity contribution in [3.63, 3.8) is 0 Å². The third-order valence-corrected chi connectivity index (χ3v) is 8.47. The van der Waals surface area contributed by atoms with Crippen molar-refractivity contribution < 1.29 is 30.0 Å². The van der Waals surface area contributed by atoms with E-state index in [1.807, 2.05) is 27.7 Å². The average Bonchev–Trinajstić information content (AvgIpc) is 2.93. The second-order valence-electron chi connectivity index (χ2n) is 11.1. The zero-order chi connectivity index (χ0) is 28.3. The smallest absolute Gasteiger partial charge is 0.162 e. The molecular formula is C35H41IrN2O2-. The first kappa shape index (κ1) is 31.6. The number of aryl methyl sites for hydroxylation is 1. The average molecular weight is 714 g/mol. The van der Waals surface area contributed by atoms with E-state index >= 15 is 0 Å². The number of aliphatic hydroxyl groups excluding tert-OH is 1. The van der Waals surface area contributed by atoms with Crippen LogP contribution in [0.5, 0.6) is 0 Å². The van der Waals surface area contributed by atoms with Crippen molar-refractivity contribution in [1.82, 2.24) is 9.97 Å². The number of aliphatic hydroxyl groups is 1. The summed E-state index contributed by atoms with van der Waals surface area (Å²) < 4.78 is 0. The Morgan fingerprint density at radius 2 is 1.57 bits per heavy atom. The van der Waals surface area contributed by atoms with Gasteiger partial charge < -0.3 is 10.1 Å². The number of ketones is 1. The number of para-hydroxylation sites is 1. The van der Waals surface area contributed by atoms with Gasteiger partial charge in [0.2, 0.25) is 0 Å². The van der Waals surface area contributed by atoms with Crippen LogP contribution in [0.15, 0.2) is 60.5 Å². The third-order valence-electron chi connectivity index (χ3n) is 8.47. The number of aromatic nitrogens is 2. The number of rotatable bonds is 7. The maximum absolute atomic E-state index is 11.7.